The summed E-state index contributed by atoms with van der Waals surface area (Å²) < 4.78 is 12.4. The van der Waals surface area contributed by atoms with Crippen molar-refractivity contribution in [2.45, 2.75) is 6.10 Å². The van der Waals surface area contributed by atoms with Crippen molar-refractivity contribution in [3.63, 3.8) is 0 Å². The van der Waals surface area contributed by atoms with Gasteiger partial charge in [0, 0.05) is 50.2 Å². The summed E-state index contributed by atoms with van der Waals surface area (Å²) >= 11 is 1.56. The first kappa shape index (κ1) is 22.3. The van der Waals surface area contributed by atoms with Crippen molar-refractivity contribution in [1.82, 2.24) is 19.6 Å². The van der Waals surface area contributed by atoms with Crippen LogP contribution in [-0.2, 0) is 7.05 Å². The number of β-amino-alcohol motifs (C(OH)–C–C–N with tert-alkyl or cyclic N) is 1. The fraction of sp³-hybridized carbons (Fsp3) is 0.391. The van der Waals surface area contributed by atoms with Gasteiger partial charge in [-0.2, -0.15) is 5.10 Å². The molecule has 1 N–H and O–H groups in total. The molecule has 1 atom stereocenters. The Labute approximate surface area is 191 Å². The van der Waals surface area contributed by atoms with E-state index in [0.29, 0.717) is 42.5 Å². The lowest BCUT2D eigenvalue weighted by Crippen LogP contribution is -2.49. The van der Waals surface area contributed by atoms with Gasteiger partial charge in [0.15, 0.2) is 0 Å². The van der Waals surface area contributed by atoms with Crippen LogP contribution in [0, 0.1) is 0 Å². The zero-order valence-corrected chi connectivity index (χ0v) is 19.3. The van der Waals surface area contributed by atoms with Crippen LogP contribution < -0.4 is 9.47 Å². The number of rotatable bonds is 7. The van der Waals surface area contributed by atoms with E-state index in [4.69, 9.17) is 9.47 Å². The molecule has 4 rings (SSSR count). The third-order valence-electron chi connectivity index (χ3n) is 5.74. The van der Waals surface area contributed by atoms with Gasteiger partial charge >= 0.3 is 0 Å². The molecule has 1 aliphatic rings. The Balaban J connectivity index is 1.43. The average molecular weight is 457 g/mol. The zero-order valence-electron chi connectivity index (χ0n) is 18.5. The molecule has 9 heteroatoms. The highest BCUT2D eigenvalue weighted by Crippen LogP contribution is 2.33. The Kier molecular flexibility index (Phi) is 6.78. The van der Waals surface area contributed by atoms with Gasteiger partial charge in [0.2, 0.25) is 0 Å². The number of benzene rings is 1. The van der Waals surface area contributed by atoms with E-state index in [1.807, 2.05) is 40.6 Å². The third kappa shape index (κ3) is 4.64. The van der Waals surface area contributed by atoms with Gasteiger partial charge in [-0.3, -0.25) is 14.4 Å². The summed E-state index contributed by atoms with van der Waals surface area (Å²) in [5.41, 5.74) is 1.95. The highest BCUT2D eigenvalue weighted by molar-refractivity contribution is 7.10. The van der Waals surface area contributed by atoms with E-state index in [2.05, 4.69) is 10.00 Å². The maximum Gasteiger partial charge on any atom is 0.272 e. The van der Waals surface area contributed by atoms with Crippen molar-refractivity contribution < 1.29 is 19.4 Å². The van der Waals surface area contributed by atoms with Crippen molar-refractivity contribution in [3.8, 4) is 22.8 Å². The van der Waals surface area contributed by atoms with Crippen LogP contribution >= 0.6 is 11.3 Å². The summed E-state index contributed by atoms with van der Waals surface area (Å²) in [6, 6.07) is 11.2. The molecule has 1 unspecified atom stereocenters. The molecule has 1 saturated heterocycles. The number of aromatic nitrogens is 2. The van der Waals surface area contributed by atoms with Crippen molar-refractivity contribution in [2.24, 2.45) is 7.05 Å². The van der Waals surface area contributed by atoms with Crippen LogP contribution in [-0.4, -0.2) is 77.5 Å². The Hall–Kier alpha value is -2.88. The molecule has 1 amide bonds. The summed E-state index contributed by atoms with van der Waals surface area (Å²) in [6.45, 7) is 3.25. The molecule has 1 fully saturated rings. The molecule has 0 bridgehead atoms. The molecule has 0 aliphatic carbocycles. The number of aryl methyl sites for hydroxylation is 1. The zero-order chi connectivity index (χ0) is 22.7. The van der Waals surface area contributed by atoms with Crippen LogP contribution in [0.3, 0.4) is 0 Å². The fourth-order valence-electron chi connectivity index (χ4n) is 3.92. The van der Waals surface area contributed by atoms with E-state index in [9.17, 15) is 9.90 Å². The number of aliphatic hydroxyl groups excluding tert-OH is 1. The van der Waals surface area contributed by atoms with Gasteiger partial charge in [-0.15, -0.1) is 11.3 Å². The van der Waals surface area contributed by atoms with Crippen LogP contribution in [0.15, 0.2) is 41.8 Å². The van der Waals surface area contributed by atoms with E-state index in [1.165, 1.54) is 0 Å². The predicted octanol–water partition coefficient (Wildman–Crippen LogP) is 2.66. The molecule has 2 aromatic heterocycles. The first-order chi connectivity index (χ1) is 15.5. The average Bonchev–Trinajstić information content (AvgIpc) is 3.49. The molecular formula is C23H28N4O4S. The number of carbonyl (C=O) groups is 1. The standard InChI is InChI=1S/C23H28N4O4S/c1-25-19(14-18(24-25)17-13-16(30-2)6-7-21(17)31-3)23(29)27-10-8-26(9-11-27)15-20(28)22-5-4-12-32-22/h4-7,12-14,20,28H,8-11,15H2,1-3H3. The lowest BCUT2D eigenvalue weighted by Gasteiger charge is -2.35. The summed E-state index contributed by atoms with van der Waals surface area (Å²) in [5.74, 6) is 1.31. The highest BCUT2D eigenvalue weighted by atomic mass is 32.1. The van der Waals surface area contributed by atoms with Crippen LogP contribution in [0.25, 0.3) is 11.3 Å². The van der Waals surface area contributed by atoms with Gasteiger partial charge < -0.3 is 19.5 Å². The molecule has 0 spiro atoms. The lowest BCUT2D eigenvalue weighted by molar-refractivity contribution is 0.0524. The minimum atomic E-state index is -0.491. The van der Waals surface area contributed by atoms with E-state index in [1.54, 1.807) is 43.4 Å². The number of piperazine rings is 1. The lowest BCUT2D eigenvalue weighted by atomic mass is 10.1. The molecule has 0 radical (unpaired) electrons. The summed E-state index contributed by atoms with van der Waals surface area (Å²) in [7, 11) is 4.99. The monoisotopic (exact) mass is 456 g/mol. The number of methoxy groups -OCH3 is 2. The van der Waals surface area contributed by atoms with Crippen LogP contribution in [0.4, 0.5) is 0 Å². The minimum Gasteiger partial charge on any atom is -0.497 e. The number of nitrogens with zero attached hydrogens (tertiary/aromatic N) is 4. The van der Waals surface area contributed by atoms with Gasteiger partial charge in [0.25, 0.3) is 5.91 Å². The van der Waals surface area contributed by atoms with Crippen LogP contribution in [0.1, 0.15) is 21.5 Å². The maximum absolute atomic E-state index is 13.2. The number of ether oxygens (including phenoxy) is 2. The summed E-state index contributed by atoms with van der Waals surface area (Å²) in [5, 5.41) is 16.9. The highest BCUT2D eigenvalue weighted by Gasteiger charge is 2.26. The number of carbonyl (C=O) groups excluding carboxylic acids is 1. The van der Waals surface area contributed by atoms with Crippen LogP contribution in [0.2, 0.25) is 0 Å². The third-order valence-corrected chi connectivity index (χ3v) is 6.72. The molecule has 8 nitrogen and oxygen atoms in total. The SMILES string of the molecule is COc1ccc(OC)c(-c2cc(C(=O)N3CCN(CC(O)c4cccs4)CC3)n(C)n2)c1. The smallest absolute Gasteiger partial charge is 0.272 e. The quantitative estimate of drug-likeness (QED) is 0.589. The Morgan fingerprint density at radius 3 is 2.59 bits per heavy atom. The summed E-state index contributed by atoms with van der Waals surface area (Å²) in [6.07, 6.45) is -0.491. The minimum absolute atomic E-state index is 0.0495. The molecule has 3 heterocycles. The Morgan fingerprint density at radius 1 is 1.16 bits per heavy atom. The summed E-state index contributed by atoms with van der Waals surface area (Å²) in [4.78, 5) is 18.2. The number of hydrogen-bond donors (Lipinski definition) is 1. The normalized spacial score (nSPS) is 15.6. The predicted molar refractivity (Wildman–Crippen MR) is 123 cm³/mol. The van der Waals surface area contributed by atoms with Gasteiger partial charge in [0.05, 0.1) is 19.9 Å². The fourth-order valence-corrected chi connectivity index (χ4v) is 4.63. The Morgan fingerprint density at radius 2 is 1.94 bits per heavy atom. The first-order valence-electron chi connectivity index (χ1n) is 10.5. The molecule has 0 saturated carbocycles. The first-order valence-corrected chi connectivity index (χ1v) is 11.4. The second-order valence-corrected chi connectivity index (χ2v) is 8.71. The molecule has 32 heavy (non-hydrogen) atoms. The molecule has 3 aromatic rings. The van der Waals surface area contributed by atoms with E-state index < -0.39 is 6.10 Å². The molecule has 1 aliphatic heterocycles. The van der Waals surface area contributed by atoms with Crippen molar-refractivity contribution in [2.75, 3.05) is 46.9 Å². The Bertz CT molecular complexity index is 1060. The number of aliphatic hydroxyl groups is 1. The van der Waals surface area contributed by atoms with E-state index >= 15 is 0 Å². The number of thiophene rings is 1. The van der Waals surface area contributed by atoms with Gasteiger partial charge in [0.1, 0.15) is 23.3 Å². The van der Waals surface area contributed by atoms with Crippen LogP contribution in [0.5, 0.6) is 11.5 Å². The van der Waals surface area contributed by atoms with Gasteiger partial charge in [-0.1, -0.05) is 6.07 Å². The number of amides is 1. The van der Waals surface area contributed by atoms with Gasteiger partial charge in [-0.05, 0) is 35.7 Å². The largest absolute Gasteiger partial charge is 0.497 e. The van der Waals surface area contributed by atoms with Crippen molar-refractivity contribution >= 4 is 17.2 Å². The number of hydrogen-bond acceptors (Lipinski definition) is 7. The molecule has 170 valence electrons. The van der Waals surface area contributed by atoms with Gasteiger partial charge in [-0.25, -0.2) is 0 Å². The van der Waals surface area contributed by atoms with E-state index in [-0.39, 0.29) is 5.91 Å². The van der Waals surface area contributed by atoms with Crippen molar-refractivity contribution in [3.05, 3.63) is 52.3 Å². The molecular weight excluding hydrogens is 428 g/mol. The molecule has 1 aromatic carbocycles. The van der Waals surface area contributed by atoms with E-state index in [0.717, 1.165) is 23.5 Å². The maximum atomic E-state index is 13.2. The van der Waals surface area contributed by atoms with Crippen molar-refractivity contribution in [1.29, 1.82) is 0 Å². The second-order valence-electron chi connectivity index (χ2n) is 7.73. The topological polar surface area (TPSA) is 80.1 Å². The second kappa shape index (κ2) is 9.72.